The van der Waals surface area contributed by atoms with Gasteiger partial charge in [0.15, 0.2) is 0 Å². The van der Waals surface area contributed by atoms with Gasteiger partial charge in [0.05, 0.1) is 13.0 Å². The standard InChI is InChI=1S/C18H23ClN2O3/c19-15-5-1-4-14(12-15)13-16(23)21-9-3-7-18(21)6-2-8-20(10-11-22)17(18)24/h1,4-5,12,22H,2-3,6-11,13H2. The smallest absolute Gasteiger partial charge is 0.248 e. The van der Waals surface area contributed by atoms with Crippen molar-refractivity contribution in [3.63, 3.8) is 0 Å². The summed E-state index contributed by atoms with van der Waals surface area (Å²) in [6, 6.07) is 7.29. The number of rotatable bonds is 4. The van der Waals surface area contributed by atoms with Crippen LogP contribution in [0, 0.1) is 0 Å². The van der Waals surface area contributed by atoms with E-state index in [1.54, 1.807) is 21.9 Å². The van der Waals surface area contributed by atoms with Crippen molar-refractivity contribution in [2.24, 2.45) is 0 Å². The summed E-state index contributed by atoms with van der Waals surface area (Å²) in [5.74, 6) is -0.0197. The molecule has 1 aromatic rings. The van der Waals surface area contributed by atoms with Gasteiger partial charge >= 0.3 is 0 Å². The second-order valence-electron chi connectivity index (χ2n) is 6.61. The van der Waals surface area contributed by atoms with E-state index < -0.39 is 5.54 Å². The van der Waals surface area contributed by atoms with Gasteiger partial charge < -0.3 is 14.9 Å². The summed E-state index contributed by atoms with van der Waals surface area (Å²) in [6.45, 7) is 1.59. The minimum atomic E-state index is -0.705. The van der Waals surface area contributed by atoms with Gasteiger partial charge in [0.25, 0.3) is 0 Å². The maximum atomic E-state index is 13.0. The van der Waals surface area contributed by atoms with Gasteiger partial charge in [0.1, 0.15) is 5.54 Å². The number of piperidine rings is 1. The van der Waals surface area contributed by atoms with Gasteiger partial charge in [-0.05, 0) is 43.4 Å². The Morgan fingerprint density at radius 2 is 2.00 bits per heavy atom. The lowest BCUT2D eigenvalue weighted by Gasteiger charge is -2.44. The Bertz CT molecular complexity index is 634. The Morgan fingerprint density at radius 3 is 2.71 bits per heavy atom. The van der Waals surface area contributed by atoms with Gasteiger partial charge in [0.2, 0.25) is 11.8 Å². The molecule has 6 heteroatoms. The molecule has 0 saturated carbocycles. The third-order valence-electron chi connectivity index (χ3n) is 5.11. The number of carbonyl (C=O) groups excluding carboxylic acids is 2. The summed E-state index contributed by atoms with van der Waals surface area (Å²) in [5, 5.41) is 9.79. The van der Waals surface area contributed by atoms with Gasteiger partial charge in [-0.3, -0.25) is 9.59 Å². The van der Waals surface area contributed by atoms with Crippen molar-refractivity contribution in [1.29, 1.82) is 0 Å². The minimum Gasteiger partial charge on any atom is -0.395 e. The molecule has 1 aromatic carbocycles. The van der Waals surface area contributed by atoms with Crippen molar-refractivity contribution in [1.82, 2.24) is 9.80 Å². The van der Waals surface area contributed by atoms with Crippen molar-refractivity contribution in [2.75, 3.05) is 26.2 Å². The second-order valence-corrected chi connectivity index (χ2v) is 7.04. The van der Waals surface area contributed by atoms with Gasteiger partial charge in [-0.15, -0.1) is 0 Å². The Morgan fingerprint density at radius 1 is 1.25 bits per heavy atom. The number of β-amino-alcohol motifs (C(OH)–C–C–N with tert-alkyl or cyclic N) is 1. The maximum absolute atomic E-state index is 13.0. The Labute approximate surface area is 147 Å². The highest BCUT2D eigenvalue weighted by atomic mass is 35.5. The van der Waals surface area contributed by atoms with Crippen molar-refractivity contribution in [2.45, 2.75) is 37.6 Å². The van der Waals surface area contributed by atoms with E-state index in [1.807, 2.05) is 12.1 Å². The van der Waals surface area contributed by atoms with Crippen molar-refractivity contribution in [3.8, 4) is 0 Å². The van der Waals surface area contributed by atoms with Gasteiger partial charge in [-0.2, -0.15) is 0 Å². The lowest BCUT2D eigenvalue weighted by Crippen LogP contribution is -2.61. The van der Waals surface area contributed by atoms with E-state index >= 15 is 0 Å². The molecule has 1 spiro atoms. The van der Waals surface area contributed by atoms with Crippen LogP contribution in [-0.2, 0) is 16.0 Å². The summed E-state index contributed by atoms with van der Waals surface area (Å²) in [6.07, 6.45) is 3.41. The van der Waals surface area contributed by atoms with Crippen molar-refractivity contribution >= 4 is 23.4 Å². The molecule has 130 valence electrons. The highest BCUT2D eigenvalue weighted by molar-refractivity contribution is 6.30. The van der Waals surface area contributed by atoms with Crippen LogP contribution in [0.25, 0.3) is 0 Å². The number of hydrogen-bond donors (Lipinski definition) is 1. The molecule has 2 aliphatic heterocycles. The van der Waals surface area contributed by atoms with Crippen LogP contribution in [0.3, 0.4) is 0 Å². The van der Waals surface area contributed by atoms with Crippen LogP contribution in [0.2, 0.25) is 5.02 Å². The molecule has 1 N–H and O–H groups in total. The van der Waals surface area contributed by atoms with Crippen LogP contribution in [0.15, 0.2) is 24.3 Å². The predicted molar refractivity (Wildman–Crippen MR) is 91.7 cm³/mol. The van der Waals surface area contributed by atoms with E-state index in [-0.39, 0.29) is 24.8 Å². The third-order valence-corrected chi connectivity index (χ3v) is 5.34. The number of aliphatic hydroxyl groups is 1. The zero-order valence-electron chi connectivity index (χ0n) is 13.7. The van der Waals surface area contributed by atoms with Crippen LogP contribution in [-0.4, -0.2) is 58.5 Å². The van der Waals surface area contributed by atoms with E-state index in [1.165, 1.54) is 0 Å². The van der Waals surface area contributed by atoms with Crippen LogP contribution in [0.5, 0.6) is 0 Å². The van der Waals surface area contributed by atoms with Gasteiger partial charge in [-0.1, -0.05) is 23.7 Å². The number of carbonyl (C=O) groups is 2. The molecule has 2 fully saturated rings. The number of nitrogens with zero attached hydrogens (tertiary/aromatic N) is 2. The van der Waals surface area contributed by atoms with E-state index in [2.05, 4.69) is 0 Å². The molecule has 2 amide bonds. The summed E-state index contributed by atoms with van der Waals surface area (Å²) in [5.41, 5.74) is 0.160. The quantitative estimate of drug-likeness (QED) is 0.901. The van der Waals surface area contributed by atoms with Crippen LogP contribution in [0.4, 0.5) is 0 Å². The molecule has 1 atom stereocenters. The van der Waals surface area contributed by atoms with E-state index in [9.17, 15) is 14.7 Å². The molecule has 1 unspecified atom stereocenters. The first kappa shape index (κ1) is 17.2. The SMILES string of the molecule is O=C(Cc1cccc(Cl)c1)N1CCCC12CCCN(CCO)C2=O. The number of likely N-dealkylation sites (tertiary alicyclic amines) is 2. The van der Waals surface area contributed by atoms with Gasteiger partial charge in [-0.25, -0.2) is 0 Å². The molecule has 2 aliphatic rings. The zero-order valence-corrected chi connectivity index (χ0v) is 14.5. The first-order chi connectivity index (χ1) is 11.6. The Kier molecular flexibility index (Phi) is 5.11. The van der Waals surface area contributed by atoms with Gasteiger partial charge in [0, 0.05) is 24.7 Å². The summed E-state index contributed by atoms with van der Waals surface area (Å²) in [7, 11) is 0. The highest BCUT2D eigenvalue weighted by Crippen LogP contribution is 2.38. The molecule has 0 bridgehead atoms. The predicted octanol–water partition coefficient (Wildman–Crippen LogP) is 1.86. The molecule has 24 heavy (non-hydrogen) atoms. The average molecular weight is 351 g/mol. The Hall–Kier alpha value is -1.59. The lowest BCUT2D eigenvalue weighted by atomic mass is 9.85. The lowest BCUT2D eigenvalue weighted by molar-refractivity contribution is -0.155. The third kappa shape index (κ3) is 3.15. The fourth-order valence-electron chi connectivity index (χ4n) is 4.04. The van der Waals surface area contributed by atoms with Crippen LogP contribution >= 0.6 is 11.6 Å². The molecular weight excluding hydrogens is 328 g/mol. The highest BCUT2D eigenvalue weighted by Gasteiger charge is 2.52. The monoisotopic (exact) mass is 350 g/mol. The number of halogens is 1. The molecule has 0 aliphatic carbocycles. The van der Waals surface area contributed by atoms with E-state index in [4.69, 9.17) is 11.6 Å². The number of hydrogen-bond acceptors (Lipinski definition) is 3. The largest absolute Gasteiger partial charge is 0.395 e. The van der Waals surface area contributed by atoms with Crippen LogP contribution in [0.1, 0.15) is 31.2 Å². The second kappa shape index (κ2) is 7.11. The number of benzene rings is 1. The molecule has 2 saturated heterocycles. The zero-order chi connectivity index (χ0) is 17.2. The summed E-state index contributed by atoms with van der Waals surface area (Å²) >= 11 is 6.00. The first-order valence-corrected chi connectivity index (χ1v) is 8.90. The number of aliphatic hydroxyl groups excluding tert-OH is 1. The summed E-state index contributed by atoms with van der Waals surface area (Å²) < 4.78 is 0. The number of amides is 2. The molecular formula is C18H23ClN2O3. The maximum Gasteiger partial charge on any atom is 0.248 e. The molecule has 0 aromatic heterocycles. The fraction of sp³-hybridized carbons (Fsp3) is 0.556. The van der Waals surface area contributed by atoms with Crippen molar-refractivity contribution < 1.29 is 14.7 Å². The Balaban J connectivity index is 1.79. The molecule has 0 radical (unpaired) electrons. The molecule has 2 heterocycles. The van der Waals surface area contributed by atoms with E-state index in [0.29, 0.717) is 24.7 Å². The van der Waals surface area contributed by atoms with Crippen LogP contribution < -0.4 is 0 Å². The normalized spacial score (nSPS) is 24.0. The van der Waals surface area contributed by atoms with Crippen molar-refractivity contribution in [3.05, 3.63) is 34.9 Å². The topological polar surface area (TPSA) is 60.9 Å². The first-order valence-electron chi connectivity index (χ1n) is 8.52. The summed E-state index contributed by atoms with van der Waals surface area (Å²) in [4.78, 5) is 29.3. The average Bonchev–Trinajstić information content (AvgIpc) is 2.97. The molecule has 5 nitrogen and oxygen atoms in total. The fourth-order valence-corrected chi connectivity index (χ4v) is 4.25. The minimum absolute atomic E-state index is 0.000237. The molecule has 3 rings (SSSR count). The van der Waals surface area contributed by atoms with E-state index in [0.717, 1.165) is 31.2 Å².